The summed E-state index contributed by atoms with van der Waals surface area (Å²) in [6.07, 6.45) is 1.51. The number of nitrogens with zero attached hydrogens (tertiary/aromatic N) is 1. The quantitative estimate of drug-likeness (QED) is 0.527. The van der Waals surface area contributed by atoms with Gasteiger partial charge in [0.1, 0.15) is 5.60 Å². The van der Waals surface area contributed by atoms with Gasteiger partial charge in [-0.3, -0.25) is 4.79 Å². The van der Waals surface area contributed by atoms with Crippen molar-refractivity contribution in [3.05, 3.63) is 74.9 Å². The van der Waals surface area contributed by atoms with Crippen molar-refractivity contribution < 1.29 is 18.8 Å². The largest absolute Gasteiger partial charge is 0.461 e. The summed E-state index contributed by atoms with van der Waals surface area (Å²) >= 11 is 2.93. The molecule has 132 valence electrons. The van der Waals surface area contributed by atoms with E-state index in [1.165, 1.54) is 35.0 Å². The Balaban J connectivity index is 1.52. The fraction of sp³-hybridized carbons (Fsp3) is 0.111. The van der Waals surface area contributed by atoms with Crippen LogP contribution >= 0.6 is 22.7 Å². The van der Waals surface area contributed by atoms with Gasteiger partial charge >= 0.3 is 0 Å². The fourth-order valence-corrected chi connectivity index (χ4v) is 4.13. The van der Waals surface area contributed by atoms with Gasteiger partial charge < -0.3 is 19.4 Å². The molecule has 8 heteroatoms. The maximum absolute atomic E-state index is 12.4. The van der Waals surface area contributed by atoms with E-state index < -0.39 is 11.5 Å². The van der Waals surface area contributed by atoms with Gasteiger partial charge in [0.25, 0.3) is 5.91 Å². The highest BCUT2D eigenvalue weighted by molar-refractivity contribution is 7.10. The van der Waals surface area contributed by atoms with Gasteiger partial charge in [-0.15, -0.1) is 11.3 Å². The summed E-state index contributed by atoms with van der Waals surface area (Å²) < 4.78 is 10.4. The van der Waals surface area contributed by atoms with E-state index in [0.29, 0.717) is 11.5 Å². The molecular weight excluding hydrogens is 372 g/mol. The molecule has 0 spiro atoms. The molecule has 4 aromatic rings. The Kier molecular flexibility index (Phi) is 4.46. The number of thiophene rings is 2. The number of aromatic nitrogens is 1. The maximum Gasteiger partial charge on any atom is 0.273 e. The average molecular weight is 386 g/mol. The van der Waals surface area contributed by atoms with Crippen LogP contribution in [-0.2, 0) is 5.60 Å². The zero-order valence-electron chi connectivity index (χ0n) is 13.4. The van der Waals surface area contributed by atoms with E-state index in [1.54, 1.807) is 12.1 Å². The lowest BCUT2D eigenvalue weighted by Crippen LogP contribution is -2.41. The van der Waals surface area contributed by atoms with Crippen LogP contribution in [0.3, 0.4) is 0 Å². The number of aliphatic hydroxyl groups is 1. The molecule has 0 aromatic carbocycles. The van der Waals surface area contributed by atoms with E-state index in [2.05, 4.69) is 10.5 Å². The van der Waals surface area contributed by atoms with E-state index in [1.807, 2.05) is 34.3 Å². The van der Waals surface area contributed by atoms with Gasteiger partial charge in [0.05, 0.1) is 12.8 Å². The molecule has 6 nitrogen and oxygen atoms in total. The fourth-order valence-electron chi connectivity index (χ4n) is 2.56. The first kappa shape index (κ1) is 16.8. The van der Waals surface area contributed by atoms with E-state index in [9.17, 15) is 9.90 Å². The minimum absolute atomic E-state index is 0.0199. The highest BCUT2D eigenvalue weighted by Gasteiger charge is 2.34. The van der Waals surface area contributed by atoms with Crippen LogP contribution in [0.2, 0.25) is 0 Å². The minimum Gasteiger partial charge on any atom is -0.461 e. The van der Waals surface area contributed by atoms with Crippen LogP contribution in [0.25, 0.3) is 11.5 Å². The maximum atomic E-state index is 12.4. The van der Waals surface area contributed by atoms with Gasteiger partial charge in [-0.2, -0.15) is 11.3 Å². The molecular formula is C18H14N2O4S2. The molecule has 0 bridgehead atoms. The predicted octanol–water partition coefficient (Wildman–Crippen LogP) is 3.72. The second kappa shape index (κ2) is 6.91. The normalized spacial score (nSPS) is 13.4. The van der Waals surface area contributed by atoms with Crippen LogP contribution in [0.5, 0.6) is 0 Å². The van der Waals surface area contributed by atoms with Crippen molar-refractivity contribution in [1.82, 2.24) is 10.5 Å². The molecule has 4 heterocycles. The first-order valence-corrected chi connectivity index (χ1v) is 9.57. The van der Waals surface area contributed by atoms with Crippen molar-refractivity contribution in [2.75, 3.05) is 6.54 Å². The molecule has 1 amide bonds. The zero-order chi connectivity index (χ0) is 18.0. The number of nitrogens with one attached hydrogen (secondary N) is 1. The number of hydrogen-bond acceptors (Lipinski definition) is 7. The molecule has 0 unspecified atom stereocenters. The second-order valence-electron chi connectivity index (χ2n) is 5.59. The predicted molar refractivity (Wildman–Crippen MR) is 98.2 cm³/mol. The number of hydrogen-bond donors (Lipinski definition) is 2. The van der Waals surface area contributed by atoms with Crippen LogP contribution in [0.4, 0.5) is 0 Å². The van der Waals surface area contributed by atoms with E-state index in [0.717, 1.165) is 10.4 Å². The Bertz CT molecular complexity index is 938. The number of furan rings is 1. The first-order chi connectivity index (χ1) is 12.7. The first-order valence-electron chi connectivity index (χ1n) is 7.74. The Morgan fingerprint density at radius 3 is 2.85 bits per heavy atom. The monoisotopic (exact) mass is 386 g/mol. The van der Waals surface area contributed by atoms with Gasteiger partial charge in [0.15, 0.2) is 11.5 Å². The van der Waals surface area contributed by atoms with Gasteiger partial charge in [-0.1, -0.05) is 11.2 Å². The molecule has 4 aromatic heterocycles. The molecule has 2 N–H and O–H groups in total. The molecule has 4 rings (SSSR count). The number of carbonyl (C=O) groups excluding carboxylic acids is 1. The molecule has 0 aliphatic rings. The minimum atomic E-state index is -1.29. The third kappa shape index (κ3) is 3.10. The van der Waals surface area contributed by atoms with E-state index in [4.69, 9.17) is 8.94 Å². The van der Waals surface area contributed by atoms with Crippen molar-refractivity contribution in [3.8, 4) is 11.5 Å². The Hall–Kier alpha value is -2.68. The SMILES string of the molecule is O=C(NC[C@@](O)(c1ccsc1)c1cccs1)c1cc(-c2ccco2)on1. The summed E-state index contributed by atoms with van der Waals surface area (Å²) in [4.78, 5) is 13.2. The molecule has 0 aliphatic carbocycles. The van der Waals surface area contributed by atoms with Crippen LogP contribution in [0.1, 0.15) is 20.9 Å². The van der Waals surface area contributed by atoms with Crippen molar-refractivity contribution in [3.63, 3.8) is 0 Å². The summed E-state index contributed by atoms with van der Waals surface area (Å²) in [5.74, 6) is 0.424. The standard InChI is InChI=1S/C18H14N2O4S2/c21-17(13-9-15(24-20-13)14-3-1-6-23-14)19-11-18(22,12-5-8-25-10-12)16-4-2-7-26-16/h1-10,22H,11H2,(H,19,21)/t18-/m1/s1. The second-order valence-corrected chi connectivity index (χ2v) is 7.31. The smallest absolute Gasteiger partial charge is 0.273 e. The Morgan fingerprint density at radius 1 is 1.23 bits per heavy atom. The van der Waals surface area contributed by atoms with E-state index in [-0.39, 0.29) is 12.2 Å². The van der Waals surface area contributed by atoms with Gasteiger partial charge in [-0.25, -0.2) is 0 Å². The molecule has 26 heavy (non-hydrogen) atoms. The molecule has 0 fully saturated rings. The summed E-state index contributed by atoms with van der Waals surface area (Å²) in [7, 11) is 0. The highest BCUT2D eigenvalue weighted by Crippen LogP contribution is 2.33. The summed E-state index contributed by atoms with van der Waals surface area (Å²) in [6, 6.07) is 10.5. The molecule has 0 radical (unpaired) electrons. The van der Waals surface area contributed by atoms with Gasteiger partial charge in [0, 0.05) is 16.5 Å². The van der Waals surface area contributed by atoms with Gasteiger partial charge in [-0.05, 0) is 40.4 Å². The van der Waals surface area contributed by atoms with Crippen LogP contribution < -0.4 is 5.32 Å². The van der Waals surface area contributed by atoms with Crippen LogP contribution in [0.15, 0.2) is 67.7 Å². The lowest BCUT2D eigenvalue weighted by molar-refractivity contribution is 0.0716. The number of amides is 1. The topological polar surface area (TPSA) is 88.5 Å². The van der Waals surface area contributed by atoms with E-state index >= 15 is 0 Å². The van der Waals surface area contributed by atoms with Crippen molar-refractivity contribution in [2.45, 2.75) is 5.60 Å². The molecule has 0 saturated carbocycles. The third-order valence-corrected chi connectivity index (χ3v) is 5.64. The van der Waals surface area contributed by atoms with Crippen molar-refractivity contribution in [1.29, 1.82) is 0 Å². The lowest BCUT2D eigenvalue weighted by atomic mass is 9.94. The van der Waals surface area contributed by atoms with Crippen molar-refractivity contribution >= 4 is 28.6 Å². The van der Waals surface area contributed by atoms with Gasteiger partial charge in [0.2, 0.25) is 5.76 Å². The molecule has 1 atom stereocenters. The Labute approximate surface area is 156 Å². The Morgan fingerprint density at radius 2 is 2.15 bits per heavy atom. The highest BCUT2D eigenvalue weighted by atomic mass is 32.1. The third-order valence-electron chi connectivity index (χ3n) is 3.94. The molecule has 0 aliphatic heterocycles. The summed E-state index contributed by atoms with van der Waals surface area (Å²) in [5.41, 5.74) is -0.436. The zero-order valence-corrected chi connectivity index (χ0v) is 15.0. The number of carbonyl (C=O) groups is 1. The summed E-state index contributed by atoms with van der Waals surface area (Å²) in [6.45, 7) is 0.0199. The average Bonchev–Trinajstić information content (AvgIpc) is 3.45. The molecule has 0 saturated heterocycles. The number of rotatable bonds is 6. The van der Waals surface area contributed by atoms with Crippen LogP contribution in [-0.4, -0.2) is 22.7 Å². The van der Waals surface area contributed by atoms with Crippen molar-refractivity contribution in [2.24, 2.45) is 0 Å². The summed E-state index contributed by atoms with van der Waals surface area (Å²) in [5, 5.41) is 23.4. The lowest BCUT2D eigenvalue weighted by Gasteiger charge is -2.26. The van der Waals surface area contributed by atoms with Crippen LogP contribution in [0, 0.1) is 0 Å².